The molecule has 20 heavy (non-hydrogen) atoms. The maximum Gasteiger partial charge on any atom is 0.255 e. The lowest BCUT2D eigenvalue weighted by atomic mass is 10.1. The van der Waals surface area contributed by atoms with Gasteiger partial charge in [-0.2, -0.15) is 0 Å². The van der Waals surface area contributed by atoms with Crippen LogP contribution in [0.3, 0.4) is 0 Å². The zero-order valence-electron chi connectivity index (χ0n) is 10.1. The molecule has 0 atom stereocenters. The van der Waals surface area contributed by atoms with Crippen LogP contribution in [-0.4, -0.2) is 5.91 Å². The Morgan fingerprint density at radius 3 is 2.45 bits per heavy atom. The van der Waals surface area contributed by atoms with E-state index in [-0.39, 0.29) is 10.9 Å². The molecule has 6 heteroatoms. The van der Waals surface area contributed by atoms with E-state index in [1.54, 1.807) is 24.3 Å². The summed E-state index contributed by atoms with van der Waals surface area (Å²) in [5, 5.41) is 2.77. The summed E-state index contributed by atoms with van der Waals surface area (Å²) in [6.07, 6.45) is 0. The first-order chi connectivity index (χ1) is 9.51. The lowest BCUT2D eigenvalue weighted by Crippen LogP contribution is -2.12. The molecule has 0 aliphatic rings. The molecule has 2 aromatic carbocycles. The van der Waals surface area contributed by atoms with Gasteiger partial charge in [-0.25, -0.2) is 4.39 Å². The Hall–Kier alpha value is -1.10. The lowest BCUT2D eigenvalue weighted by Gasteiger charge is -2.10. The number of hydrogen-bond acceptors (Lipinski definition) is 1. The highest BCUT2D eigenvalue weighted by Crippen LogP contribution is 2.32. The Kier molecular flexibility index (Phi) is 5.02. The normalized spacial score (nSPS) is 10.4. The summed E-state index contributed by atoms with van der Waals surface area (Å²) >= 11 is 14.8. The Bertz CT molecular complexity index is 623. The molecule has 104 valence electrons. The van der Waals surface area contributed by atoms with Crippen molar-refractivity contribution in [2.45, 2.75) is 5.88 Å². The topological polar surface area (TPSA) is 29.1 Å². The molecule has 0 saturated heterocycles. The molecule has 0 aliphatic carbocycles. The fraction of sp³-hybridized carbons (Fsp3) is 0.0714. The molecular weight excluding hydrogens is 368 g/mol. The minimum absolute atomic E-state index is 0.127. The molecule has 0 aliphatic heterocycles. The first kappa shape index (κ1) is 15.3. The van der Waals surface area contributed by atoms with E-state index in [1.165, 1.54) is 6.07 Å². The molecule has 0 radical (unpaired) electrons. The average molecular weight is 377 g/mol. The summed E-state index contributed by atoms with van der Waals surface area (Å²) in [5.74, 6) is -0.427. The zero-order chi connectivity index (χ0) is 14.7. The smallest absolute Gasteiger partial charge is 0.255 e. The second-order valence-electron chi connectivity index (χ2n) is 4.03. The molecule has 0 bridgehead atoms. The van der Waals surface area contributed by atoms with Gasteiger partial charge >= 0.3 is 0 Å². The number of rotatable bonds is 3. The van der Waals surface area contributed by atoms with Crippen molar-refractivity contribution in [3.63, 3.8) is 0 Å². The van der Waals surface area contributed by atoms with Gasteiger partial charge in [-0.15, -0.1) is 11.6 Å². The van der Waals surface area contributed by atoms with Gasteiger partial charge in [0.2, 0.25) is 0 Å². The van der Waals surface area contributed by atoms with Gasteiger partial charge in [0, 0.05) is 15.9 Å². The number of carbonyl (C=O) groups is 1. The molecule has 0 fully saturated rings. The summed E-state index contributed by atoms with van der Waals surface area (Å²) in [6, 6.07) is 9.24. The quantitative estimate of drug-likeness (QED) is 0.730. The number of benzene rings is 2. The summed E-state index contributed by atoms with van der Waals surface area (Å²) in [6.45, 7) is 0. The third-order valence-corrected chi connectivity index (χ3v) is 3.85. The number of halogens is 4. The highest BCUT2D eigenvalue weighted by atomic mass is 79.9. The fourth-order valence-corrected chi connectivity index (χ4v) is 2.67. The number of carbonyl (C=O) groups excluding carboxylic acids is 1. The molecule has 2 nitrogen and oxygen atoms in total. The molecule has 1 N–H and O–H groups in total. The predicted molar refractivity (Wildman–Crippen MR) is 83.1 cm³/mol. The molecule has 0 spiro atoms. The van der Waals surface area contributed by atoms with Gasteiger partial charge < -0.3 is 5.32 Å². The van der Waals surface area contributed by atoms with E-state index >= 15 is 0 Å². The van der Waals surface area contributed by atoms with E-state index in [2.05, 4.69) is 21.2 Å². The van der Waals surface area contributed by atoms with Crippen molar-refractivity contribution in [1.82, 2.24) is 0 Å². The molecule has 2 aromatic rings. The van der Waals surface area contributed by atoms with Crippen LogP contribution in [0, 0.1) is 5.82 Å². The van der Waals surface area contributed by atoms with Crippen molar-refractivity contribution >= 4 is 50.7 Å². The average Bonchev–Trinajstić information content (AvgIpc) is 2.42. The van der Waals surface area contributed by atoms with Crippen molar-refractivity contribution in [3.8, 4) is 0 Å². The van der Waals surface area contributed by atoms with Gasteiger partial charge in [-0.3, -0.25) is 4.79 Å². The van der Waals surface area contributed by atoms with Crippen molar-refractivity contribution in [3.05, 3.63) is 62.8 Å². The van der Waals surface area contributed by atoms with Crippen LogP contribution in [0.15, 0.2) is 40.9 Å². The minimum Gasteiger partial charge on any atom is -0.320 e. The summed E-state index contributed by atoms with van der Waals surface area (Å²) in [4.78, 5) is 12.1. The molecule has 0 heterocycles. The molecular formula is C14H9BrCl2FNO. The van der Waals surface area contributed by atoms with Crippen LogP contribution in [0.25, 0.3) is 0 Å². The maximum absolute atomic E-state index is 13.1. The standard InChI is InChI=1S/C14H9BrCl2FNO/c15-11-5-10(18)6-12(17)13(11)19-14(20)9-3-1-8(7-16)2-4-9/h1-6H,7H2,(H,19,20). The number of alkyl halides is 1. The highest BCUT2D eigenvalue weighted by Gasteiger charge is 2.12. The first-order valence-electron chi connectivity index (χ1n) is 5.62. The summed E-state index contributed by atoms with van der Waals surface area (Å²) < 4.78 is 13.5. The Labute approximate surface area is 134 Å². The van der Waals surface area contributed by atoms with Crippen LogP contribution in [0.1, 0.15) is 15.9 Å². The summed E-state index contributed by atoms with van der Waals surface area (Å²) in [7, 11) is 0. The number of anilines is 1. The van der Waals surface area contributed by atoms with E-state index in [9.17, 15) is 9.18 Å². The zero-order valence-corrected chi connectivity index (χ0v) is 13.2. The van der Waals surface area contributed by atoms with Gasteiger partial charge in [0.15, 0.2) is 0 Å². The van der Waals surface area contributed by atoms with Gasteiger partial charge in [0.25, 0.3) is 5.91 Å². The molecule has 1 amide bonds. The summed E-state index contributed by atoms with van der Waals surface area (Å²) in [5.41, 5.74) is 1.72. The molecule has 0 saturated carbocycles. The van der Waals surface area contributed by atoms with Crippen molar-refractivity contribution in [2.24, 2.45) is 0 Å². The Morgan fingerprint density at radius 2 is 1.90 bits per heavy atom. The van der Waals surface area contributed by atoms with E-state index in [0.29, 0.717) is 21.6 Å². The Morgan fingerprint density at radius 1 is 1.25 bits per heavy atom. The highest BCUT2D eigenvalue weighted by molar-refractivity contribution is 9.10. The monoisotopic (exact) mass is 375 g/mol. The third kappa shape index (κ3) is 3.51. The SMILES string of the molecule is O=C(Nc1c(Cl)cc(F)cc1Br)c1ccc(CCl)cc1. The minimum atomic E-state index is -0.480. The maximum atomic E-state index is 13.1. The van der Waals surface area contributed by atoms with Crippen LogP contribution in [0.4, 0.5) is 10.1 Å². The molecule has 0 aromatic heterocycles. The van der Waals surface area contributed by atoms with Gasteiger partial charge in [0.1, 0.15) is 5.82 Å². The van der Waals surface area contributed by atoms with Crippen molar-refractivity contribution in [2.75, 3.05) is 5.32 Å². The number of amides is 1. The second kappa shape index (κ2) is 6.57. The Balaban J connectivity index is 2.23. The lowest BCUT2D eigenvalue weighted by molar-refractivity contribution is 0.102. The molecule has 2 rings (SSSR count). The van der Waals surface area contributed by atoms with Crippen LogP contribution in [0.2, 0.25) is 5.02 Å². The largest absolute Gasteiger partial charge is 0.320 e. The van der Waals surface area contributed by atoms with Gasteiger partial charge in [-0.1, -0.05) is 23.7 Å². The van der Waals surface area contributed by atoms with Gasteiger partial charge in [-0.05, 0) is 45.8 Å². The van der Waals surface area contributed by atoms with E-state index < -0.39 is 5.82 Å². The van der Waals surface area contributed by atoms with Crippen LogP contribution < -0.4 is 5.32 Å². The van der Waals surface area contributed by atoms with E-state index in [4.69, 9.17) is 23.2 Å². The van der Waals surface area contributed by atoms with Crippen LogP contribution in [0.5, 0.6) is 0 Å². The fourth-order valence-electron chi connectivity index (χ4n) is 1.59. The van der Waals surface area contributed by atoms with E-state index in [0.717, 1.165) is 11.6 Å². The third-order valence-electron chi connectivity index (χ3n) is 2.62. The van der Waals surface area contributed by atoms with Crippen molar-refractivity contribution in [1.29, 1.82) is 0 Å². The number of hydrogen-bond donors (Lipinski definition) is 1. The van der Waals surface area contributed by atoms with E-state index in [1.807, 2.05) is 0 Å². The predicted octanol–water partition coefficient (Wildman–Crippen LogP) is 5.23. The van der Waals surface area contributed by atoms with Crippen LogP contribution in [-0.2, 0) is 5.88 Å². The van der Waals surface area contributed by atoms with Gasteiger partial charge in [0.05, 0.1) is 10.7 Å². The first-order valence-corrected chi connectivity index (χ1v) is 7.32. The second-order valence-corrected chi connectivity index (χ2v) is 5.56. The van der Waals surface area contributed by atoms with Crippen molar-refractivity contribution < 1.29 is 9.18 Å². The number of nitrogens with one attached hydrogen (secondary N) is 1. The molecule has 0 unspecified atom stereocenters. The van der Waals surface area contributed by atoms with Crippen LogP contribution >= 0.6 is 39.1 Å².